The van der Waals surface area contributed by atoms with E-state index in [1.165, 1.54) is 4.31 Å². The predicted molar refractivity (Wildman–Crippen MR) is 129 cm³/mol. The molecule has 0 unspecified atom stereocenters. The number of sulfonamides is 1. The van der Waals surface area contributed by atoms with E-state index in [1.54, 1.807) is 11.0 Å². The second-order valence-electron chi connectivity index (χ2n) is 8.59. The molecule has 7 nitrogen and oxygen atoms in total. The second-order valence-corrected chi connectivity index (χ2v) is 11.3. The van der Waals surface area contributed by atoms with Gasteiger partial charge in [-0.15, -0.1) is 0 Å². The molecule has 0 radical (unpaired) electrons. The average Bonchev–Trinajstić information content (AvgIpc) is 3.20. The van der Waals surface area contributed by atoms with Gasteiger partial charge in [-0.1, -0.05) is 20.8 Å². The van der Waals surface area contributed by atoms with Gasteiger partial charge in [0.15, 0.2) is 0 Å². The molecule has 2 amide bonds. The van der Waals surface area contributed by atoms with Gasteiger partial charge in [0, 0.05) is 49.3 Å². The number of carbonyl (C=O) groups excluding carboxylic acids is 2. The van der Waals surface area contributed by atoms with Gasteiger partial charge in [0.1, 0.15) is 0 Å². The Bertz CT molecular complexity index is 960. The maximum atomic E-state index is 13.6. The summed E-state index contributed by atoms with van der Waals surface area (Å²) in [6.07, 6.45) is 4.22. The van der Waals surface area contributed by atoms with Crippen molar-refractivity contribution in [3.63, 3.8) is 0 Å². The van der Waals surface area contributed by atoms with Gasteiger partial charge in [-0.25, -0.2) is 8.42 Å². The van der Waals surface area contributed by atoms with Crippen LogP contribution in [0.15, 0.2) is 21.5 Å². The molecule has 0 bridgehead atoms. The van der Waals surface area contributed by atoms with Crippen molar-refractivity contribution in [2.24, 2.45) is 5.92 Å². The molecule has 32 heavy (non-hydrogen) atoms. The van der Waals surface area contributed by atoms with Crippen molar-refractivity contribution < 1.29 is 18.0 Å². The van der Waals surface area contributed by atoms with Crippen molar-refractivity contribution in [1.82, 2.24) is 9.21 Å². The lowest BCUT2D eigenvalue weighted by Crippen LogP contribution is -2.47. The Hall–Kier alpha value is -1.45. The molecule has 178 valence electrons. The molecule has 9 heteroatoms. The number of piperidine rings is 1. The van der Waals surface area contributed by atoms with Gasteiger partial charge in [0.05, 0.1) is 10.8 Å². The molecule has 1 saturated heterocycles. The number of fused-ring (bicyclic) bond motifs is 1. The van der Waals surface area contributed by atoms with Gasteiger partial charge in [-0.2, -0.15) is 4.31 Å². The number of nitrogens with zero attached hydrogens (tertiary/aromatic N) is 3. The summed E-state index contributed by atoms with van der Waals surface area (Å²) >= 11 is 3.45. The van der Waals surface area contributed by atoms with Gasteiger partial charge < -0.3 is 9.80 Å². The highest BCUT2D eigenvalue weighted by atomic mass is 79.9. The summed E-state index contributed by atoms with van der Waals surface area (Å²) < 4.78 is 29.2. The van der Waals surface area contributed by atoms with Crippen LogP contribution >= 0.6 is 15.9 Å². The highest BCUT2D eigenvalue weighted by molar-refractivity contribution is 9.10. The van der Waals surface area contributed by atoms with Crippen LogP contribution in [0.3, 0.4) is 0 Å². The molecule has 1 aromatic carbocycles. The normalized spacial score (nSPS) is 19.1. The molecule has 0 spiro atoms. The van der Waals surface area contributed by atoms with E-state index in [-0.39, 0.29) is 29.2 Å². The summed E-state index contributed by atoms with van der Waals surface area (Å²) in [5, 5.41) is 0. The van der Waals surface area contributed by atoms with Crippen LogP contribution in [0.2, 0.25) is 0 Å². The molecule has 2 aliphatic heterocycles. The van der Waals surface area contributed by atoms with Crippen molar-refractivity contribution >= 4 is 43.5 Å². The lowest BCUT2D eigenvalue weighted by atomic mass is 9.98. The Morgan fingerprint density at radius 1 is 1.12 bits per heavy atom. The first-order chi connectivity index (χ1) is 15.2. The van der Waals surface area contributed by atoms with E-state index >= 15 is 0 Å². The first-order valence-corrected chi connectivity index (χ1v) is 13.9. The van der Waals surface area contributed by atoms with Crippen LogP contribution in [0.4, 0.5) is 5.69 Å². The molecule has 1 fully saturated rings. The van der Waals surface area contributed by atoms with Crippen molar-refractivity contribution in [1.29, 1.82) is 0 Å². The lowest BCUT2D eigenvalue weighted by Gasteiger charge is -2.34. The smallest absolute Gasteiger partial charge is 0.244 e. The number of amides is 2. The molecule has 0 N–H and O–H groups in total. The minimum Gasteiger partial charge on any atom is -0.342 e. The molecule has 0 aromatic heterocycles. The van der Waals surface area contributed by atoms with Crippen LogP contribution in [0.5, 0.6) is 0 Å². The van der Waals surface area contributed by atoms with E-state index in [9.17, 15) is 18.0 Å². The fourth-order valence-corrected chi connectivity index (χ4v) is 7.26. The number of benzene rings is 1. The minimum atomic E-state index is -3.81. The third kappa shape index (κ3) is 5.04. The molecule has 1 atom stereocenters. The van der Waals surface area contributed by atoms with Gasteiger partial charge in [-0.3, -0.25) is 9.59 Å². The second kappa shape index (κ2) is 10.7. The molecule has 3 rings (SSSR count). The average molecular weight is 529 g/mol. The molecule has 2 heterocycles. The Labute approximate surface area is 200 Å². The molecule has 2 aliphatic rings. The molecular weight excluding hydrogens is 494 g/mol. The first-order valence-electron chi connectivity index (χ1n) is 11.7. The van der Waals surface area contributed by atoms with Gasteiger partial charge >= 0.3 is 0 Å². The quantitative estimate of drug-likeness (QED) is 0.515. The maximum absolute atomic E-state index is 13.6. The zero-order chi connectivity index (χ0) is 23.5. The Morgan fingerprint density at radius 3 is 2.44 bits per heavy atom. The Morgan fingerprint density at radius 2 is 1.81 bits per heavy atom. The van der Waals surface area contributed by atoms with Gasteiger partial charge in [0.25, 0.3) is 0 Å². The van der Waals surface area contributed by atoms with E-state index in [0.717, 1.165) is 18.4 Å². The maximum Gasteiger partial charge on any atom is 0.244 e. The monoisotopic (exact) mass is 527 g/mol. The van der Waals surface area contributed by atoms with E-state index < -0.39 is 10.0 Å². The summed E-state index contributed by atoms with van der Waals surface area (Å²) in [6.45, 7) is 8.48. The highest BCUT2D eigenvalue weighted by Crippen LogP contribution is 2.37. The number of hydrogen-bond acceptors (Lipinski definition) is 4. The number of rotatable bonds is 8. The largest absolute Gasteiger partial charge is 0.342 e. The van der Waals surface area contributed by atoms with Crippen LogP contribution in [-0.2, 0) is 26.0 Å². The Kier molecular flexibility index (Phi) is 8.38. The standard InChI is InChI=1S/C23H34BrN3O4S/c1-4-10-25(11-5-2)23(29)18-8-7-12-26(16-18)32(30,31)21-15-20-17(14-19(21)24)9-13-27(20)22(28)6-3/h14-15,18H,4-13,16H2,1-3H3/t18-/m1/s1. The summed E-state index contributed by atoms with van der Waals surface area (Å²) in [7, 11) is -3.81. The zero-order valence-electron chi connectivity index (χ0n) is 19.3. The number of anilines is 1. The van der Waals surface area contributed by atoms with E-state index in [0.29, 0.717) is 62.0 Å². The van der Waals surface area contributed by atoms with Crippen molar-refractivity contribution in [3.05, 3.63) is 22.2 Å². The summed E-state index contributed by atoms with van der Waals surface area (Å²) in [6, 6.07) is 3.45. The fraction of sp³-hybridized carbons (Fsp3) is 0.652. The zero-order valence-corrected chi connectivity index (χ0v) is 21.7. The van der Waals surface area contributed by atoms with Crippen molar-refractivity contribution in [2.75, 3.05) is 37.6 Å². The summed E-state index contributed by atoms with van der Waals surface area (Å²) in [4.78, 5) is 29.2. The third-order valence-corrected chi connectivity index (χ3v) is 9.11. The molecule has 1 aromatic rings. The molecule has 0 aliphatic carbocycles. The molecule has 0 saturated carbocycles. The van der Waals surface area contributed by atoms with E-state index in [2.05, 4.69) is 15.9 Å². The number of halogens is 1. The fourth-order valence-electron chi connectivity index (χ4n) is 4.67. The van der Waals surface area contributed by atoms with Crippen molar-refractivity contribution in [3.8, 4) is 0 Å². The minimum absolute atomic E-state index is 0.00927. The van der Waals surface area contributed by atoms with Crippen LogP contribution < -0.4 is 4.90 Å². The van der Waals surface area contributed by atoms with Gasteiger partial charge in [-0.05, 0) is 65.7 Å². The number of hydrogen-bond donors (Lipinski definition) is 0. The number of carbonyl (C=O) groups is 2. The predicted octanol–water partition coefficient (Wildman–Crippen LogP) is 3.80. The molecular formula is C23H34BrN3O4S. The van der Waals surface area contributed by atoms with Crippen LogP contribution in [-0.4, -0.2) is 62.2 Å². The summed E-state index contributed by atoms with van der Waals surface area (Å²) in [5.74, 6) is -0.269. The van der Waals surface area contributed by atoms with E-state index in [4.69, 9.17) is 0 Å². The topological polar surface area (TPSA) is 78.0 Å². The SMILES string of the molecule is CCCN(CCC)C(=O)[C@@H]1CCCN(S(=O)(=O)c2cc3c(cc2Br)CCN3C(=O)CC)C1. The summed E-state index contributed by atoms with van der Waals surface area (Å²) in [5.41, 5.74) is 1.65. The highest BCUT2D eigenvalue weighted by Gasteiger charge is 2.37. The van der Waals surface area contributed by atoms with E-state index in [1.807, 2.05) is 31.7 Å². The Balaban J connectivity index is 1.86. The van der Waals surface area contributed by atoms with Crippen molar-refractivity contribution in [2.45, 2.75) is 64.2 Å². The van der Waals surface area contributed by atoms with Gasteiger partial charge in [0.2, 0.25) is 21.8 Å². The first kappa shape index (κ1) is 25.2. The van der Waals surface area contributed by atoms with Crippen LogP contribution in [0.25, 0.3) is 0 Å². The lowest BCUT2D eigenvalue weighted by molar-refractivity contribution is -0.136. The van der Waals surface area contributed by atoms with Crippen LogP contribution in [0, 0.1) is 5.92 Å². The van der Waals surface area contributed by atoms with Crippen LogP contribution in [0.1, 0.15) is 58.4 Å². The third-order valence-electron chi connectivity index (χ3n) is 6.28.